The van der Waals surface area contributed by atoms with Crippen molar-refractivity contribution < 1.29 is 9.72 Å². The fourth-order valence-electron chi connectivity index (χ4n) is 2.60. The summed E-state index contributed by atoms with van der Waals surface area (Å²) in [4.78, 5) is 22.2. The second kappa shape index (κ2) is 5.32. The molecular formula is C13H15N3O3S. The van der Waals surface area contributed by atoms with E-state index in [2.05, 4.69) is 10.6 Å². The van der Waals surface area contributed by atoms with Crippen molar-refractivity contribution in [1.82, 2.24) is 0 Å². The van der Waals surface area contributed by atoms with Gasteiger partial charge in [0.25, 0.3) is 5.69 Å². The van der Waals surface area contributed by atoms with Gasteiger partial charge in [-0.1, -0.05) is 0 Å². The van der Waals surface area contributed by atoms with Crippen molar-refractivity contribution in [3.05, 3.63) is 27.8 Å². The molecule has 0 spiro atoms. The Hall–Kier alpha value is -1.76. The summed E-state index contributed by atoms with van der Waals surface area (Å²) in [6.07, 6.45) is 2.36. The number of thioether (sulfide) groups is 1. The second-order valence-electron chi connectivity index (χ2n) is 5.07. The molecule has 0 bridgehead atoms. The van der Waals surface area contributed by atoms with Crippen molar-refractivity contribution in [2.75, 3.05) is 22.1 Å². The van der Waals surface area contributed by atoms with Crippen molar-refractivity contribution in [3.8, 4) is 0 Å². The predicted molar refractivity (Wildman–Crippen MR) is 79.4 cm³/mol. The van der Waals surface area contributed by atoms with Gasteiger partial charge in [-0.3, -0.25) is 14.9 Å². The molecule has 2 aliphatic heterocycles. The van der Waals surface area contributed by atoms with E-state index in [1.807, 2.05) is 11.8 Å². The predicted octanol–water partition coefficient (Wildman–Crippen LogP) is 2.40. The first-order valence-corrected chi connectivity index (χ1v) is 7.74. The summed E-state index contributed by atoms with van der Waals surface area (Å²) in [6.45, 7) is 0. The molecule has 106 valence electrons. The molecule has 2 N–H and O–H groups in total. The third-order valence-electron chi connectivity index (χ3n) is 3.56. The fraction of sp³-hybridized carbons (Fsp3) is 0.462. The summed E-state index contributed by atoms with van der Waals surface area (Å²) in [6, 6.07) is 3.45. The van der Waals surface area contributed by atoms with Crippen LogP contribution in [0.15, 0.2) is 12.1 Å². The zero-order chi connectivity index (χ0) is 14.1. The molecule has 1 unspecified atom stereocenters. The average molecular weight is 293 g/mol. The van der Waals surface area contributed by atoms with E-state index in [1.165, 1.54) is 6.07 Å². The highest BCUT2D eigenvalue weighted by Crippen LogP contribution is 2.35. The Morgan fingerprint density at radius 1 is 1.45 bits per heavy atom. The maximum Gasteiger partial charge on any atom is 0.292 e. The number of carbonyl (C=O) groups is 1. The number of nitrogens with zero attached hydrogens (tertiary/aromatic N) is 1. The Bertz CT molecular complexity index is 570. The molecule has 6 nitrogen and oxygen atoms in total. The van der Waals surface area contributed by atoms with E-state index in [0.717, 1.165) is 24.3 Å². The Balaban J connectivity index is 1.90. The van der Waals surface area contributed by atoms with E-state index < -0.39 is 0 Å². The first kappa shape index (κ1) is 13.2. The number of nitrogens with one attached hydrogen (secondary N) is 2. The summed E-state index contributed by atoms with van der Waals surface area (Å²) in [7, 11) is 0. The highest BCUT2D eigenvalue weighted by atomic mass is 32.2. The van der Waals surface area contributed by atoms with Gasteiger partial charge in [-0.15, -0.1) is 0 Å². The third-order valence-corrected chi connectivity index (χ3v) is 4.78. The van der Waals surface area contributed by atoms with Gasteiger partial charge in [-0.25, -0.2) is 0 Å². The molecule has 1 saturated heterocycles. The van der Waals surface area contributed by atoms with Gasteiger partial charge in [0.2, 0.25) is 5.91 Å². The molecule has 20 heavy (non-hydrogen) atoms. The first-order valence-electron chi connectivity index (χ1n) is 6.59. The highest BCUT2D eigenvalue weighted by Gasteiger charge is 2.26. The summed E-state index contributed by atoms with van der Waals surface area (Å²) >= 11 is 1.86. The van der Waals surface area contributed by atoms with E-state index in [4.69, 9.17) is 0 Å². The minimum Gasteiger partial charge on any atom is -0.376 e. The molecule has 0 aromatic heterocycles. The molecule has 0 radical (unpaired) electrons. The van der Waals surface area contributed by atoms with Gasteiger partial charge in [-0.2, -0.15) is 11.8 Å². The van der Waals surface area contributed by atoms with E-state index in [1.54, 1.807) is 6.07 Å². The maximum absolute atomic E-state index is 11.4. The highest BCUT2D eigenvalue weighted by molar-refractivity contribution is 7.99. The topological polar surface area (TPSA) is 84.3 Å². The zero-order valence-corrected chi connectivity index (χ0v) is 11.7. The van der Waals surface area contributed by atoms with Crippen molar-refractivity contribution in [3.63, 3.8) is 0 Å². The van der Waals surface area contributed by atoms with Crippen molar-refractivity contribution in [2.45, 2.75) is 25.3 Å². The lowest BCUT2D eigenvalue weighted by molar-refractivity contribution is -0.384. The van der Waals surface area contributed by atoms with Gasteiger partial charge < -0.3 is 10.6 Å². The van der Waals surface area contributed by atoms with Gasteiger partial charge in [0.1, 0.15) is 5.69 Å². The smallest absolute Gasteiger partial charge is 0.292 e. The maximum atomic E-state index is 11.4. The van der Waals surface area contributed by atoms with Crippen LogP contribution in [-0.2, 0) is 11.2 Å². The molecule has 1 aromatic carbocycles. The Kier molecular flexibility index (Phi) is 3.52. The monoisotopic (exact) mass is 293 g/mol. The molecule has 1 amide bonds. The largest absolute Gasteiger partial charge is 0.376 e. The second-order valence-corrected chi connectivity index (χ2v) is 6.22. The van der Waals surface area contributed by atoms with Gasteiger partial charge in [0, 0.05) is 23.5 Å². The van der Waals surface area contributed by atoms with Crippen LogP contribution in [0.4, 0.5) is 17.1 Å². The average Bonchev–Trinajstić information content (AvgIpc) is 2.78. The van der Waals surface area contributed by atoms with Crippen molar-refractivity contribution in [2.24, 2.45) is 0 Å². The van der Waals surface area contributed by atoms with Crippen LogP contribution in [0.1, 0.15) is 18.4 Å². The number of nitro benzene ring substituents is 1. The number of hydrogen-bond acceptors (Lipinski definition) is 5. The zero-order valence-electron chi connectivity index (χ0n) is 10.8. The molecule has 0 aliphatic carbocycles. The Morgan fingerprint density at radius 3 is 3.00 bits per heavy atom. The van der Waals surface area contributed by atoms with Gasteiger partial charge in [0.15, 0.2) is 0 Å². The number of carbonyl (C=O) groups excluding carboxylic acids is 1. The molecule has 0 saturated carbocycles. The molecule has 1 aromatic rings. The lowest BCUT2D eigenvalue weighted by Gasteiger charge is -2.23. The lowest BCUT2D eigenvalue weighted by atomic mass is 10.1. The Labute approximate surface area is 120 Å². The van der Waals surface area contributed by atoms with Crippen LogP contribution in [0, 0.1) is 10.1 Å². The van der Waals surface area contributed by atoms with E-state index in [9.17, 15) is 14.9 Å². The number of amides is 1. The quantitative estimate of drug-likeness (QED) is 0.660. The van der Waals surface area contributed by atoms with Crippen molar-refractivity contribution >= 4 is 34.7 Å². The van der Waals surface area contributed by atoms with E-state index >= 15 is 0 Å². The third kappa shape index (κ3) is 2.58. The molecule has 1 fully saturated rings. The van der Waals surface area contributed by atoms with Crippen molar-refractivity contribution in [1.29, 1.82) is 0 Å². The summed E-state index contributed by atoms with van der Waals surface area (Å²) in [5, 5.41) is 17.2. The van der Waals surface area contributed by atoms with Crippen LogP contribution in [0.3, 0.4) is 0 Å². The van der Waals surface area contributed by atoms with E-state index in [-0.39, 0.29) is 29.0 Å². The summed E-state index contributed by atoms with van der Waals surface area (Å²) < 4.78 is 0. The number of fused-ring (bicyclic) bond motifs is 1. The number of nitro groups is 1. The molecule has 3 rings (SSSR count). The van der Waals surface area contributed by atoms with Crippen LogP contribution in [-0.4, -0.2) is 28.4 Å². The number of hydrogen-bond donors (Lipinski definition) is 2. The van der Waals surface area contributed by atoms with Gasteiger partial charge in [-0.05, 0) is 30.2 Å². The van der Waals surface area contributed by atoms with Crippen LogP contribution >= 0.6 is 11.8 Å². The van der Waals surface area contributed by atoms with Crippen LogP contribution in [0.5, 0.6) is 0 Å². The van der Waals surface area contributed by atoms with Crippen LogP contribution < -0.4 is 10.6 Å². The molecule has 7 heteroatoms. The SMILES string of the molecule is O=C1Cc2cc([N+](=O)[O-])c(NC3CCCSC3)cc2N1. The number of anilines is 2. The Morgan fingerprint density at radius 2 is 2.30 bits per heavy atom. The molecular weight excluding hydrogens is 278 g/mol. The van der Waals surface area contributed by atoms with Gasteiger partial charge in [0.05, 0.1) is 11.3 Å². The summed E-state index contributed by atoms with van der Waals surface area (Å²) in [5.74, 6) is 2.00. The van der Waals surface area contributed by atoms with Crippen LogP contribution in [0.25, 0.3) is 0 Å². The molecule has 2 heterocycles. The van der Waals surface area contributed by atoms with E-state index in [0.29, 0.717) is 16.9 Å². The fourth-order valence-corrected chi connectivity index (χ4v) is 3.67. The lowest BCUT2D eigenvalue weighted by Crippen LogP contribution is -2.26. The normalized spacial score (nSPS) is 21.2. The molecule has 2 aliphatic rings. The standard InChI is InChI=1S/C13H15N3O3S/c17-13-5-8-4-12(16(18)19)11(6-10(8)15-13)14-9-2-1-3-20-7-9/h4,6,9,14H,1-3,5,7H2,(H,15,17). The first-order chi connectivity index (χ1) is 9.63. The van der Waals surface area contributed by atoms with Crippen LogP contribution in [0.2, 0.25) is 0 Å². The minimum absolute atomic E-state index is 0.0517. The molecule has 1 atom stereocenters. The number of benzene rings is 1. The van der Waals surface area contributed by atoms with Gasteiger partial charge >= 0.3 is 0 Å². The number of rotatable bonds is 3. The summed E-state index contributed by atoms with van der Waals surface area (Å²) in [5.41, 5.74) is 1.94. The minimum atomic E-state index is -0.388.